The van der Waals surface area contributed by atoms with Crippen LogP contribution in [0.1, 0.15) is 33.1 Å². The molecule has 1 N–H and O–H groups in total. The third-order valence-electron chi connectivity index (χ3n) is 3.85. The van der Waals surface area contributed by atoms with E-state index < -0.39 is 0 Å². The lowest BCUT2D eigenvalue weighted by atomic mass is 10.1. The van der Waals surface area contributed by atoms with E-state index in [-0.39, 0.29) is 24.4 Å². The molecular weight excluding hydrogens is 252 g/mol. The molecule has 2 fully saturated rings. The second-order valence-corrected chi connectivity index (χ2v) is 5.44. The molecule has 0 saturated carbocycles. The Morgan fingerprint density at radius 2 is 2.11 bits per heavy atom. The predicted molar refractivity (Wildman–Crippen MR) is 74.0 cm³/mol. The number of carbonyl (C=O) groups is 1. The minimum Gasteiger partial charge on any atom is -0.366 e. The lowest BCUT2D eigenvalue weighted by molar-refractivity contribution is -0.147. The van der Waals surface area contributed by atoms with Gasteiger partial charge in [0.15, 0.2) is 0 Å². The quantitative estimate of drug-likeness (QED) is 0.788. The molecule has 0 aromatic heterocycles. The number of hydrogen-bond donors (Lipinski definition) is 1. The van der Waals surface area contributed by atoms with Gasteiger partial charge in [-0.2, -0.15) is 0 Å². The molecule has 2 saturated heterocycles. The van der Waals surface area contributed by atoms with Crippen molar-refractivity contribution in [2.75, 3.05) is 26.2 Å². The van der Waals surface area contributed by atoms with Crippen LogP contribution < -0.4 is 5.32 Å². The molecule has 0 spiro atoms. The Kier molecular flexibility index (Phi) is 6.39. The van der Waals surface area contributed by atoms with Crippen LogP contribution in [-0.2, 0) is 9.53 Å². The average molecular weight is 277 g/mol. The molecule has 0 bridgehead atoms. The predicted octanol–water partition coefficient (Wildman–Crippen LogP) is 1.43. The fraction of sp³-hybridized carbons (Fsp3) is 0.923. The summed E-state index contributed by atoms with van der Waals surface area (Å²) >= 11 is 0. The molecule has 2 aliphatic heterocycles. The van der Waals surface area contributed by atoms with Crippen molar-refractivity contribution in [2.24, 2.45) is 5.92 Å². The third-order valence-corrected chi connectivity index (χ3v) is 3.85. The van der Waals surface area contributed by atoms with Gasteiger partial charge in [0, 0.05) is 25.7 Å². The maximum Gasteiger partial charge on any atom is 0.253 e. The standard InChI is InChI=1S/C13H24N2O2.ClH/c1-10-4-3-5-11(2)15(9-10)13(16)12-8-14-6-7-17-12;/h10-12,14H,3-9H2,1-2H3;1H. The first-order valence-electron chi connectivity index (χ1n) is 6.81. The highest BCUT2D eigenvalue weighted by molar-refractivity contribution is 5.85. The number of halogens is 1. The zero-order chi connectivity index (χ0) is 12.3. The monoisotopic (exact) mass is 276 g/mol. The Morgan fingerprint density at radius 1 is 1.33 bits per heavy atom. The minimum atomic E-state index is -0.267. The molecule has 2 heterocycles. The van der Waals surface area contributed by atoms with E-state index in [1.54, 1.807) is 0 Å². The Balaban J connectivity index is 0.00000162. The fourth-order valence-electron chi connectivity index (χ4n) is 2.74. The Bertz CT molecular complexity index is 270. The SMILES string of the molecule is CC1CCCC(C)N(C(=O)C2CNCCO2)C1.Cl. The van der Waals surface area contributed by atoms with Gasteiger partial charge in [-0.05, 0) is 25.7 Å². The van der Waals surface area contributed by atoms with Crippen LogP contribution in [0.3, 0.4) is 0 Å². The van der Waals surface area contributed by atoms with Gasteiger partial charge in [-0.1, -0.05) is 13.3 Å². The van der Waals surface area contributed by atoms with Crippen molar-refractivity contribution in [1.29, 1.82) is 0 Å². The van der Waals surface area contributed by atoms with Gasteiger partial charge in [0.25, 0.3) is 5.91 Å². The summed E-state index contributed by atoms with van der Waals surface area (Å²) in [4.78, 5) is 14.5. The maximum atomic E-state index is 12.4. The van der Waals surface area contributed by atoms with Crippen molar-refractivity contribution in [3.05, 3.63) is 0 Å². The smallest absolute Gasteiger partial charge is 0.253 e. The summed E-state index contributed by atoms with van der Waals surface area (Å²) in [5, 5.41) is 3.22. The largest absolute Gasteiger partial charge is 0.366 e. The molecule has 18 heavy (non-hydrogen) atoms. The lowest BCUT2D eigenvalue weighted by Gasteiger charge is -2.33. The Morgan fingerprint density at radius 3 is 2.78 bits per heavy atom. The van der Waals surface area contributed by atoms with Gasteiger partial charge in [-0.25, -0.2) is 0 Å². The van der Waals surface area contributed by atoms with Crippen LogP contribution in [-0.4, -0.2) is 49.2 Å². The topological polar surface area (TPSA) is 41.6 Å². The van der Waals surface area contributed by atoms with E-state index >= 15 is 0 Å². The van der Waals surface area contributed by atoms with Crippen molar-refractivity contribution in [3.8, 4) is 0 Å². The summed E-state index contributed by atoms with van der Waals surface area (Å²) < 4.78 is 5.56. The van der Waals surface area contributed by atoms with Crippen molar-refractivity contribution < 1.29 is 9.53 Å². The fourth-order valence-corrected chi connectivity index (χ4v) is 2.74. The van der Waals surface area contributed by atoms with E-state index in [1.807, 2.05) is 4.90 Å². The number of hydrogen-bond acceptors (Lipinski definition) is 3. The van der Waals surface area contributed by atoms with Gasteiger partial charge in [0.1, 0.15) is 6.10 Å². The second-order valence-electron chi connectivity index (χ2n) is 5.44. The van der Waals surface area contributed by atoms with Gasteiger partial charge in [-0.3, -0.25) is 4.79 Å². The van der Waals surface area contributed by atoms with Crippen molar-refractivity contribution in [3.63, 3.8) is 0 Å². The first-order valence-corrected chi connectivity index (χ1v) is 6.81. The molecular formula is C13H25ClN2O2. The normalized spacial score (nSPS) is 33.4. The van der Waals surface area contributed by atoms with Gasteiger partial charge < -0.3 is 15.0 Å². The number of morpholine rings is 1. The van der Waals surface area contributed by atoms with Gasteiger partial charge in [0.2, 0.25) is 0 Å². The molecule has 2 aliphatic rings. The van der Waals surface area contributed by atoms with Crippen LogP contribution in [0.25, 0.3) is 0 Å². The van der Waals surface area contributed by atoms with Crippen molar-refractivity contribution >= 4 is 18.3 Å². The molecule has 2 rings (SSSR count). The highest BCUT2D eigenvalue weighted by atomic mass is 35.5. The first kappa shape index (κ1) is 15.7. The molecule has 5 heteroatoms. The summed E-state index contributed by atoms with van der Waals surface area (Å²) in [6, 6.07) is 0.359. The number of carbonyl (C=O) groups excluding carboxylic acids is 1. The Hall–Kier alpha value is -0.320. The van der Waals surface area contributed by atoms with Gasteiger partial charge >= 0.3 is 0 Å². The third kappa shape index (κ3) is 3.84. The van der Waals surface area contributed by atoms with E-state index in [9.17, 15) is 4.79 Å². The number of rotatable bonds is 1. The highest BCUT2D eigenvalue weighted by Gasteiger charge is 2.31. The minimum absolute atomic E-state index is 0. The van der Waals surface area contributed by atoms with Crippen LogP contribution in [0.5, 0.6) is 0 Å². The van der Waals surface area contributed by atoms with Crippen LogP contribution >= 0.6 is 12.4 Å². The molecule has 0 aliphatic carbocycles. The summed E-state index contributed by atoms with van der Waals surface area (Å²) in [5.74, 6) is 0.791. The molecule has 0 radical (unpaired) electrons. The average Bonchev–Trinajstić information content (AvgIpc) is 2.51. The molecule has 3 unspecified atom stereocenters. The van der Waals surface area contributed by atoms with E-state index in [4.69, 9.17) is 4.74 Å². The second kappa shape index (κ2) is 7.31. The number of ether oxygens (including phenoxy) is 1. The number of nitrogens with one attached hydrogen (secondary N) is 1. The van der Waals surface area contributed by atoms with Crippen LogP contribution in [0.4, 0.5) is 0 Å². The summed E-state index contributed by atoms with van der Waals surface area (Å²) in [6.45, 7) is 7.45. The molecule has 4 nitrogen and oxygen atoms in total. The van der Waals surface area contributed by atoms with E-state index in [0.29, 0.717) is 25.1 Å². The van der Waals surface area contributed by atoms with E-state index in [0.717, 1.165) is 19.5 Å². The Labute approximate surface area is 116 Å². The molecule has 1 amide bonds. The molecule has 0 aromatic carbocycles. The molecule has 3 atom stereocenters. The molecule has 0 aromatic rings. The molecule has 106 valence electrons. The first-order chi connectivity index (χ1) is 8.18. The van der Waals surface area contributed by atoms with E-state index in [2.05, 4.69) is 19.2 Å². The zero-order valence-electron chi connectivity index (χ0n) is 11.4. The summed E-state index contributed by atoms with van der Waals surface area (Å²) in [5.41, 5.74) is 0. The number of likely N-dealkylation sites (tertiary alicyclic amines) is 1. The van der Waals surface area contributed by atoms with Gasteiger partial charge in [0.05, 0.1) is 6.61 Å². The maximum absolute atomic E-state index is 12.4. The van der Waals surface area contributed by atoms with Crippen LogP contribution in [0, 0.1) is 5.92 Å². The van der Waals surface area contributed by atoms with Crippen molar-refractivity contribution in [1.82, 2.24) is 10.2 Å². The zero-order valence-corrected chi connectivity index (χ0v) is 12.2. The number of nitrogens with zero attached hydrogens (tertiary/aromatic N) is 1. The van der Waals surface area contributed by atoms with Crippen molar-refractivity contribution in [2.45, 2.75) is 45.3 Å². The summed E-state index contributed by atoms with van der Waals surface area (Å²) in [7, 11) is 0. The number of amides is 1. The lowest BCUT2D eigenvalue weighted by Crippen LogP contribution is -2.52. The van der Waals surface area contributed by atoms with Crippen LogP contribution in [0.2, 0.25) is 0 Å². The van der Waals surface area contributed by atoms with E-state index in [1.165, 1.54) is 12.8 Å². The van der Waals surface area contributed by atoms with Crippen LogP contribution in [0.15, 0.2) is 0 Å². The summed E-state index contributed by atoms with van der Waals surface area (Å²) in [6.07, 6.45) is 3.32. The van der Waals surface area contributed by atoms with Gasteiger partial charge in [-0.15, -0.1) is 12.4 Å². The highest BCUT2D eigenvalue weighted by Crippen LogP contribution is 2.21.